The number of sulfonamides is 1. The molecule has 1 aliphatic heterocycles. The Balaban J connectivity index is 1.73. The molecule has 4 rings (SSSR count). The summed E-state index contributed by atoms with van der Waals surface area (Å²) in [6, 6.07) is 7.93. The van der Waals surface area contributed by atoms with Crippen molar-refractivity contribution in [3.63, 3.8) is 0 Å². The van der Waals surface area contributed by atoms with Gasteiger partial charge in [-0.2, -0.15) is 0 Å². The molecular formula is C18H14F2N2O2S2. The van der Waals surface area contributed by atoms with Gasteiger partial charge in [-0.3, -0.25) is 4.31 Å². The number of halogens is 2. The molecule has 0 unspecified atom stereocenters. The van der Waals surface area contributed by atoms with Gasteiger partial charge in [0.1, 0.15) is 16.5 Å². The largest absolute Gasteiger partial charge is 0.267 e. The summed E-state index contributed by atoms with van der Waals surface area (Å²) in [5.41, 5.74) is 3.14. The van der Waals surface area contributed by atoms with Crippen molar-refractivity contribution >= 4 is 27.0 Å². The van der Waals surface area contributed by atoms with E-state index in [0.29, 0.717) is 18.2 Å². The molecule has 0 fully saturated rings. The average Bonchev–Trinajstić information content (AvgIpc) is 3.20. The third-order valence-corrected chi connectivity index (χ3v) is 6.93. The summed E-state index contributed by atoms with van der Waals surface area (Å²) in [4.78, 5) is 3.92. The first-order chi connectivity index (χ1) is 12.4. The van der Waals surface area contributed by atoms with Crippen molar-refractivity contribution in [2.45, 2.75) is 18.2 Å². The molecular weight excluding hydrogens is 378 g/mol. The summed E-state index contributed by atoms with van der Waals surface area (Å²) in [6.45, 7) is 2.14. The Morgan fingerprint density at radius 3 is 2.65 bits per heavy atom. The van der Waals surface area contributed by atoms with Gasteiger partial charge in [0, 0.05) is 23.6 Å². The lowest BCUT2D eigenvalue weighted by molar-refractivity contribution is 0.547. The number of aromatic nitrogens is 1. The van der Waals surface area contributed by atoms with Crippen LogP contribution in [0.3, 0.4) is 0 Å². The molecule has 0 saturated heterocycles. The zero-order chi connectivity index (χ0) is 18.5. The molecule has 8 heteroatoms. The molecule has 3 aromatic rings. The zero-order valence-electron chi connectivity index (χ0n) is 13.7. The minimum Gasteiger partial charge on any atom is -0.266 e. The number of aryl methyl sites for hydroxylation is 1. The van der Waals surface area contributed by atoms with Crippen LogP contribution >= 0.6 is 11.3 Å². The fourth-order valence-electron chi connectivity index (χ4n) is 3.08. The summed E-state index contributed by atoms with van der Waals surface area (Å²) in [5, 5.41) is 2.91. The standard InChI is InChI=1S/C18H14F2N2O2S2/c1-11-21-16(10-25-11)12-2-4-17-13(8-12)6-7-22(17)26(23,24)18-5-3-14(19)9-15(18)20/h2-5,8-10H,6-7H2,1H3. The Hall–Kier alpha value is -2.32. The summed E-state index contributed by atoms with van der Waals surface area (Å²) in [6.07, 6.45) is 0.522. The fraction of sp³-hybridized carbons (Fsp3) is 0.167. The van der Waals surface area contributed by atoms with E-state index in [-0.39, 0.29) is 6.54 Å². The van der Waals surface area contributed by atoms with Gasteiger partial charge in [0.15, 0.2) is 0 Å². The van der Waals surface area contributed by atoms with Crippen LogP contribution in [0.1, 0.15) is 10.6 Å². The third kappa shape index (κ3) is 2.79. The lowest BCUT2D eigenvalue weighted by Gasteiger charge is -2.20. The molecule has 2 heterocycles. The van der Waals surface area contributed by atoms with Crippen molar-refractivity contribution in [3.8, 4) is 11.3 Å². The van der Waals surface area contributed by atoms with Crippen molar-refractivity contribution in [1.29, 1.82) is 0 Å². The Morgan fingerprint density at radius 1 is 1.15 bits per heavy atom. The zero-order valence-corrected chi connectivity index (χ0v) is 15.4. The number of thiazole rings is 1. The second kappa shape index (κ2) is 6.14. The van der Waals surface area contributed by atoms with Gasteiger partial charge in [0.25, 0.3) is 10.0 Å². The van der Waals surface area contributed by atoms with Crippen LogP contribution in [-0.4, -0.2) is 19.9 Å². The van der Waals surface area contributed by atoms with Crippen molar-refractivity contribution in [1.82, 2.24) is 4.98 Å². The third-order valence-electron chi connectivity index (χ3n) is 4.31. The Kier molecular flexibility index (Phi) is 4.04. The van der Waals surface area contributed by atoms with E-state index in [1.165, 1.54) is 4.31 Å². The van der Waals surface area contributed by atoms with E-state index in [1.54, 1.807) is 17.4 Å². The molecule has 26 heavy (non-hydrogen) atoms. The normalized spacial score (nSPS) is 13.9. The number of rotatable bonds is 3. The van der Waals surface area contributed by atoms with Crippen LogP contribution in [0.2, 0.25) is 0 Å². The quantitative estimate of drug-likeness (QED) is 0.673. The van der Waals surface area contributed by atoms with Crippen molar-refractivity contribution in [2.24, 2.45) is 0 Å². The first kappa shape index (κ1) is 17.1. The Bertz CT molecular complexity index is 1110. The van der Waals surface area contributed by atoms with Crippen LogP contribution in [0.15, 0.2) is 46.7 Å². The second-order valence-corrected chi connectivity index (χ2v) is 8.89. The summed E-state index contributed by atoms with van der Waals surface area (Å²) >= 11 is 1.55. The maximum atomic E-state index is 14.0. The van der Waals surface area contributed by atoms with Gasteiger partial charge in [-0.15, -0.1) is 11.3 Å². The average molecular weight is 392 g/mol. The molecule has 0 saturated carbocycles. The summed E-state index contributed by atoms with van der Waals surface area (Å²) < 4.78 is 54.0. The lowest BCUT2D eigenvalue weighted by atomic mass is 10.1. The van der Waals surface area contributed by atoms with Crippen LogP contribution in [0.4, 0.5) is 14.5 Å². The number of anilines is 1. The van der Waals surface area contributed by atoms with E-state index < -0.39 is 26.6 Å². The Labute approximate surface area is 153 Å². The molecule has 0 aliphatic carbocycles. The van der Waals surface area contributed by atoms with Crippen LogP contribution in [0, 0.1) is 18.6 Å². The maximum absolute atomic E-state index is 14.0. The monoisotopic (exact) mass is 392 g/mol. The summed E-state index contributed by atoms with van der Waals surface area (Å²) in [5.74, 6) is -1.90. The van der Waals surface area contributed by atoms with Crippen LogP contribution in [0.25, 0.3) is 11.3 Å². The minimum atomic E-state index is -4.09. The van der Waals surface area contributed by atoms with Gasteiger partial charge < -0.3 is 0 Å². The number of hydrogen-bond donors (Lipinski definition) is 0. The highest BCUT2D eigenvalue weighted by Crippen LogP contribution is 2.36. The number of fused-ring (bicyclic) bond motifs is 1. The molecule has 1 aliphatic rings. The highest BCUT2D eigenvalue weighted by molar-refractivity contribution is 7.92. The van der Waals surface area contributed by atoms with Crippen molar-refractivity contribution in [2.75, 3.05) is 10.8 Å². The fourth-order valence-corrected chi connectivity index (χ4v) is 5.25. The van der Waals surface area contributed by atoms with E-state index in [4.69, 9.17) is 0 Å². The SMILES string of the molecule is Cc1nc(-c2ccc3c(c2)CCN3S(=O)(=O)c2ccc(F)cc2F)cs1. The van der Waals surface area contributed by atoms with Gasteiger partial charge in [-0.05, 0) is 43.2 Å². The molecule has 2 aromatic carbocycles. The minimum absolute atomic E-state index is 0.216. The highest BCUT2D eigenvalue weighted by atomic mass is 32.2. The smallest absolute Gasteiger partial charge is 0.266 e. The second-order valence-electron chi connectivity index (χ2n) is 6.00. The topological polar surface area (TPSA) is 50.3 Å². The van der Waals surface area contributed by atoms with E-state index in [0.717, 1.165) is 34.0 Å². The first-order valence-corrected chi connectivity index (χ1v) is 10.2. The molecule has 0 amide bonds. The molecule has 0 radical (unpaired) electrons. The summed E-state index contributed by atoms with van der Waals surface area (Å²) in [7, 11) is -4.09. The molecule has 0 N–H and O–H groups in total. The molecule has 1 aromatic heterocycles. The lowest BCUT2D eigenvalue weighted by Crippen LogP contribution is -2.29. The van der Waals surface area contributed by atoms with Crippen LogP contribution in [-0.2, 0) is 16.4 Å². The van der Waals surface area contributed by atoms with Crippen LogP contribution < -0.4 is 4.31 Å². The predicted octanol–water partition coefficient (Wildman–Crippen LogP) is 4.15. The Morgan fingerprint density at radius 2 is 1.96 bits per heavy atom. The van der Waals surface area contributed by atoms with E-state index >= 15 is 0 Å². The highest BCUT2D eigenvalue weighted by Gasteiger charge is 2.33. The first-order valence-electron chi connectivity index (χ1n) is 7.89. The molecule has 0 spiro atoms. The van der Waals surface area contributed by atoms with E-state index in [2.05, 4.69) is 4.98 Å². The number of nitrogens with zero attached hydrogens (tertiary/aromatic N) is 2. The molecule has 4 nitrogen and oxygen atoms in total. The number of hydrogen-bond acceptors (Lipinski definition) is 4. The predicted molar refractivity (Wildman–Crippen MR) is 96.9 cm³/mol. The van der Waals surface area contributed by atoms with Gasteiger partial charge in [0.05, 0.1) is 16.4 Å². The molecule has 134 valence electrons. The molecule has 0 atom stereocenters. The van der Waals surface area contributed by atoms with Crippen LogP contribution in [0.5, 0.6) is 0 Å². The molecule has 0 bridgehead atoms. The number of benzene rings is 2. The van der Waals surface area contributed by atoms with Gasteiger partial charge >= 0.3 is 0 Å². The van der Waals surface area contributed by atoms with Crippen molar-refractivity contribution < 1.29 is 17.2 Å². The van der Waals surface area contributed by atoms with Gasteiger partial charge in [-0.1, -0.05) is 6.07 Å². The van der Waals surface area contributed by atoms with Gasteiger partial charge in [0.2, 0.25) is 0 Å². The van der Waals surface area contributed by atoms with E-state index in [9.17, 15) is 17.2 Å². The van der Waals surface area contributed by atoms with Gasteiger partial charge in [-0.25, -0.2) is 22.2 Å². The van der Waals surface area contributed by atoms with Crippen molar-refractivity contribution in [3.05, 3.63) is 64.0 Å². The maximum Gasteiger partial charge on any atom is 0.267 e. The van der Waals surface area contributed by atoms with E-state index in [1.807, 2.05) is 24.4 Å².